The molecule has 266 valence electrons. The third kappa shape index (κ3) is 10.2. The fraction of sp³-hybridized carbons (Fsp3) is 0.128. The van der Waals surface area contributed by atoms with Crippen LogP contribution in [0.15, 0.2) is 126 Å². The summed E-state index contributed by atoms with van der Waals surface area (Å²) in [6.07, 6.45) is -4.36. The molecule has 0 aliphatic rings. The summed E-state index contributed by atoms with van der Waals surface area (Å²) in [6, 6.07) is 33.6. The van der Waals surface area contributed by atoms with Gasteiger partial charge in [-0.1, -0.05) is 72.3 Å². The maximum absolute atomic E-state index is 13.9. The van der Waals surface area contributed by atoms with Gasteiger partial charge in [0.25, 0.3) is 16.0 Å². The minimum Gasteiger partial charge on any atom is -0.456 e. The summed E-state index contributed by atoms with van der Waals surface area (Å²) in [5, 5.41) is 5.95. The molecule has 0 bridgehead atoms. The van der Waals surface area contributed by atoms with Gasteiger partial charge in [-0.05, 0) is 89.3 Å². The van der Waals surface area contributed by atoms with Crippen molar-refractivity contribution in [3.05, 3.63) is 149 Å². The Bertz CT molecular complexity index is 2320. The molecule has 0 radical (unpaired) electrons. The van der Waals surface area contributed by atoms with Crippen molar-refractivity contribution in [3.8, 4) is 22.5 Å². The number of halogens is 4. The molecule has 3 N–H and O–H groups in total. The van der Waals surface area contributed by atoms with E-state index >= 15 is 0 Å². The van der Waals surface area contributed by atoms with Crippen molar-refractivity contribution in [1.82, 2.24) is 5.32 Å². The number of furan rings is 1. The molecule has 0 saturated carbocycles. The molecular weight excluding hydrogens is 740 g/mol. The van der Waals surface area contributed by atoms with Crippen LogP contribution in [0.25, 0.3) is 33.4 Å². The number of hydrogen-bond donors (Lipinski definition) is 3. The van der Waals surface area contributed by atoms with Gasteiger partial charge < -0.3 is 15.1 Å². The number of carbonyl (C=O) groups excluding carboxylic acids is 2. The van der Waals surface area contributed by atoms with E-state index in [0.29, 0.717) is 33.7 Å². The van der Waals surface area contributed by atoms with Crippen molar-refractivity contribution >= 4 is 50.2 Å². The van der Waals surface area contributed by atoms with E-state index < -0.39 is 44.5 Å². The molecule has 14 heteroatoms. The standard InChI is InChI=1S/C39H30ClF3N2O6S.Na/c40-34-22-29(15-18-33(34)39(41,42)43)25-9-11-26(12-10-25)32(21-24-5-7-28(8-6-24)37(46)44-19-20-52(48,49)50)38(47)45-31-16-13-27(14-17-31)36-23-30-3-1-2-4-35(30)51-36;/h1-18,22-23,32H,19-21H2,(H,44,46)(H,45,47)(H,48,49,50);/q;+1. The Kier molecular flexibility index (Phi) is 12.5. The van der Waals surface area contributed by atoms with Crippen LogP contribution in [-0.4, -0.2) is 37.1 Å². The van der Waals surface area contributed by atoms with Gasteiger partial charge in [0.15, 0.2) is 0 Å². The van der Waals surface area contributed by atoms with E-state index in [9.17, 15) is 31.2 Å². The summed E-state index contributed by atoms with van der Waals surface area (Å²) in [6.45, 7) is -0.268. The molecule has 0 aliphatic heterocycles. The van der Waals surface area contributed by atoms with E-state index in [1.165, 1.54) is 12.1 Å². The van der Waals surface area contributed by atoms with Crippen molar-refractivity contribution in [3.63, 3.8) is 0 Å². The first-order chi connectivity index (χ1) is 24.7. The van der Waals surface area contributed by atoms with Crippen molar-refractivity contribution in [1.29, 1.82) is 0 Å². The van der Waals surface area contributed by atoms with E-state index in [1.807, 2.05) is 42.5 Å². The Hall–Kier alpha value is -4.43. The minimum absolute atomic E-state index is 0. The Morgan fingerprint density at radius 3 is 2.08 bits per heavy atom. The second-order valence-electron chi connectivity index (χ2n) is 12.0. The van der Waals surface area contributed by atoms with Gasteiger partial charge >= 0.3 is 35.7 Å². The molecule has 8 nitrogen and oxygen atoms in total. The smallest absolute Gasteiger partial charge is 0.456 e. The third-order valence-corrected chi connectivity index (χ3v) is 9.43. The van der Waals surface area contributed by atoms with E-state index in [4.69, 9.17) is 20.6 Å². The molecule has 1 heterocycles. The molecule has 0 fully saturated rings. The zero-order valence-corrected chi connectivity index (χ0v) is 31.7. The quantitative estimate of drug-likeness (QED) is 0.109. The summed E-state index contributed by atoms with van der Waals surface area (Å²) in [5.74, 6) is -1.53. The number of para-hydroxylation sites is 1. The maximum atomic E-state index is 13.9. The molecule has 2 amide bonds. The normalized spacial score (nSPS) is 12.2. The number of alkyl halides is 3. The average Bonchev–Trinajstić information content (AvgIpc) is 3.55. The SMILES string of the molecule is O=C(NCCS(=O)(=O)O)c1ccc(CC(C(=O)Nc2ccc(-c3cc4ccccc4o3)cc2)c2ccc(-c3ccc(C(F)(F)F)c(Cl)c3)cc2)cc1.[Na+]. The fourth-order valence-corrected chi connectivity index (χ4v) is 6.34. The predicted molar refractivity (Wildman–Crippen MR) is 194 cm³/mol. The van der Waals surface area contributed by atoms with Crippen LogP contribution in [0.4, 0.5) is 18.9 Å². The number of hydrogen-bond acceptors (Lipinski definition) is 5. The van der Waals surface area contributed by atoms with E-state index in [0.717, 1.165) is 22.6 Å². The second-order valence-corrected chi connectivity index (χ2v) is 14.0. The van der Waals surface area contributed by atoms with Gasteiger partial charge in [0.2, 0.25) is 5.91 Å². The first kappa shape index (κ1) is 39.8. The van der Waals surface area contributed by atoms with Gasteiger partial charge in [0.1, 0.15) is 11.3 Å². The first-order valence-corrected chi connectivity index (χ1v) is 17.9. The summed E-state index contributed by atoms with van der Waals surface area (Å²) < 4.78 is 76.5. The topological polar surface area (TPSA) is 126 Å². The van der Waals surface area contributed by atoms with Crippen molar-refractivity contribution in [2.24, 2.45) is 0 Å². The molecule has 0 spiro atoms. The molecular formula is C39H30ClF3N2NaO6S+. The van der Waals surface area contributed by atoms with Crippen molar-refractivity contribution < 1.29 is 69.7 Å². The Morgan fingerprint density at radius 2 is 1.45 bits per heavy atom. The van der Waals surface area contributed by atoms with Crippen molar-refractivity contribution in [2.45, 2.75) is 18.5 Å². The fourth-order valence-electron chi connectivity index (χ4n) is 5.69. The van der Waals surface area contributed by atoms with Gasteiger partial charge in [-0.3, -0.25) is 14.1 Å². The van der Waals surface area contributed by atoms with Crippen LogP contribution in [0.5, 0.6) is 0 Å². The molecule has 6 aromatic rings. The molecule has 6 rings (SSSR count). The number of benzene rings is 5. The number of anilines is 1. The Labute approximate surface area is 330 Å². The van der Waals surface area contributed by atoms with E-state index in [2.05, 4.69) is 10.6 Å². The van der Waals surface area contributed by atoms with Crippen molar-refractivity contribution in [2.75, 3.05) is 17.6 Å². The van der Waals surface area contributed by atoms with Crippen LogP contribution >= 0.6 is 11.6 Å². The number of rotatable bonds is 11. The van der Waals surface area contributed by atoms with Gasteiger partial charge in [-0.2, -0.15) is 21.6 Å². The Morgan fingerprint density at radius 1 is 0.811 bits per heavy atom. The van der Waals surface area contributed by atoms with Crippen LogP contribution < -0.4 is 40.2 Å². The summed E-state index contributed by atoms with van der Waals surface area (Å²) >= 11 is 5.95. The number of fused-ring (bicyclic) bond motifs is 1. The first-order valence-electron chi connectivity index (χ1n) is 15.9. The summed E-state index contributed by atoms with van der Waals surface area (Å²) in [7, 11) is -4.23. The molecule has 1 unspecified atom stereocenters. The van der Waals surface area contributed by atoms with E-state index in [1.54, 1.807) is 60.7 Å². The van der Waals surface area contributed by atoms with Crippen LogP contribution in [-0.2, 0) is 27.5 Å². The number of amides is 2. The number of carbonyl (C=O) groups is 2. The monoisotopic (exact) mass is 769 g/mol. The second kappa shape index (κ2) is 16.7. The zero-order valence-electron chi connectivity index (χ0n) is 28.2. The molecule has 5 aromatic carbocycles. The molecule has 1 atom stereocenters. The minimum atomic E-state index is -4.58. The van der Waals surface area contributed by atoms with Crippen LogP contribution in [0, 0.1) is 0 Å². The van der Waals surface area contributed by atoms with Crippen LogP contribution in [0.1, 0.15) is 33.0 Å². The van der Waals surface area contributed by atoms with E-state index in [-0.39, 0.29) is 54.0 Å². The van der Waals surface area contributed by atoms with Gasteiger partial charge in [-0.15, -0.1) is 0 Å². The maximum Gasteiger partial charge on any atom is 1.00 e. The van der Waals surface area contributed by atoms with Gasteiger partial charge in [0.05, 0.1) is 22.3 Å². The molecule has 0 saturated heterocycles. The molecule has 53 heavy (non-hydrogen) atoms. The van der Waals surface area contributed by atoms with Gasteiger partial charge in [-0.25, -0.2) is 0 Å². The summed E-state index contributed by atoms with van der Waals surface area (Å²) in [5.41, 5.74) is 3.87. The largest absolute Gasteiger partial charge is 1.00 e. The summed E-state index contributed by atoms with van der Waals surface area (Å²) in [4.78, 5) is 26.4. The van der Waals surface area contributed by atoms with Gasteiger partial charge in [0, 0.05) is 28.7 Å². The number of nitrogens with one attached hydrogen (secondary N) is 2. The van der Waals surface area contributed by atoms with Crippen LogP contribution in [0.2, 0.25) is 5.02 Å². The molecule has 0 aliphatic carbocycles. The molecule has 1 aromatic heterocycles. The van der Waals surface area contributed by atoms with Crippen LogP contribution in [0.3, 0.4) is 0 Å². The third-order valence-electron chi connectivity index (χ3n) is 8.40. The average molecular weight is 770 g/mol. The predicted octanol–water partition coefficient (Wildman–Crippen LogP) is 6.03. The Balaban J connectivity index is 0.00000541. The zero-order chi connectivity index (χ0) is 37.0.